The van der Waals surface area contributed by atoms with Crippen LogP contribution in [0, 0.1) is 0 Å². The molecular formula is C11H9BrClN3O2. The quantitative estimate of drug-likeness (QED) is 0.812. The van der Waals surface area contributed by atoms with Gasteiger partial charge in [-0.3, -0.25) is 0 Å². The van der Waals surface area contributed by atoms with Gasteiger partial charge in [-0.1, -0.05) is 23.7 Å². The molecule has 0 unspecified atom stereocenters. The Morgan fingerprint density at radius 1 is 1.50 bits per heavy atom. The van der Waals surface area contributed by atoms with Crippen LogP contribution in [0.1, 0.15) is 17.5 Å². The van der Waals surface area contributed by atoms with Crippen LogP contribution in [0.2, 0.25) is 5.02 Å². The molecule has 2 rings (SSSR count). The maximum atomic E-state index is 11.5. The number of para-hydroxylation sites is 1. The average Bonchev–Trinajstić information content (AvgIpc) is 2.72. The van der Waals surface area contributed by atoms with Gasteiger partial charge in [-0.25, -0.2) is 9.48 Å². The van der Waals surface area contributed by atoms with Crippen LogP contribution in [0.15, 0.2) is 29.0 Å². The number of nitrogens with zero attached hydrogens (tertiary/aromatic N) is 3. The third-order valence-corrected chi connectivity index (χ3v) is 2.94. The van der Waals surface area contributed by atoms with E-state index >= 15 is 0 Å². The minimum Gasteiger partial charge on any atom is -0.460 e. The molecule has 0 fully saturated rings. The molecule has 0 saturated carbocycles. The molecule has 0 radical (unpaired) electrons. The fourth-order valence-electron chi connectivity index (χ4n) is 1.35. The van der Waals surface area contributed by atoms with Crippen molar-refractivity contribution in [3.05, 3.63) is 39.8 Å². The third-order valence-electron chi connectivity index (χ3n) is 2.11. The van der Waals surface area contributed by atoms with E-state index in [0.29, 0.717) is 15.4 Å². The molecule has 0 aliphatic carbocycles. The smallest absolute Gasteiger partial charge is 0.378 e. The first-order chi connectivity index (χ1) is 8.63. The highest BCUT2D eigenvalue weighted by Gasteiger charge is 2.17. The van der Waals surface area contributed by atoms with E-state index < -0.39 is 5.97 Å². The average molecular weight is 331 g/mol. The summed E-state index contributed by atoms with van der Waals surface area (Å²) in [4.78, 5) is 15.5. The number of hydrogen-bond donors (Lipinski definition) is 0. The van der Waals surface area contributed by atoms with Crippen LogP contribution in [0.5, 0.6) is 0 Å². The minimum atomic E-state index is -0.566. The van der Waals surface area contributed by atoms with Crippen molar-refractivity contribution < 1.29 is 9.53 Å². The van der Waals surface area contributed by atoms with Crippen LogP contribution >= 0.6 is 27.5 Å². The van der Waals surface area contributed by atoms with Gasteiger partial charge in [-0.2, -0.15) is 4.98 Å². The largest absolute Gasteiger partial charge is 0.460 e. The summed E-state index contributed by atoms with van der Waals surface area (Å²) in [6, 6.07) is 7.13. The van der Waals surface area contributed by atoms with Crippen molar-refractivity contribution in [3.8, 4) is 5.69 Å². The first-order valence-corrected chi connectivity index (χ1v) is 6.35. The highest BCUT2D eigenvalue weighted by atomic mass is 79.9. The number of carbonyl (C=O) groups is 1. The van der Waals surface area contributed by atoms with Gasteiger partial charge in [0.25, 0.3) is 5.82 Å². The summed E-state index contributed by atoms with van der Waals surface area (Å²) in [5, 5.41) is 4.57. The van der Waals surface area contributed by atoms with E-state index in [-0.39, 0.29) is 12.4 Å². The lowest BCUT2D eigenvalue weighted by molar-refractivity contribution is 0.0512. The molecule has 5 nitrogen and oxygen atoms in total. The Kier molecular flexibility index (Phi) is 3.98. The van der Waals surface area contributed by atoms with Crippen LogP contribution in [0.4, 0.5) is 0 Å². The van der Waals surface area contributed by atoms with Crippen molar-refractivity contribution in [2.24, 2.45) is 0 Å². The summed E-state index contributed by atoms with van der Waals surface area (Å²) in [7, 11) is 0. The number of rotatable bonds is 3. The van der Waals surface area contributed by atoms with Gasteiger partial charge in [0.2, 0.25) is 4.73 Å². The molecule has 0 amide bonds. The maximum absolute atomic E-state index is 11.5. The van der Waals surface area contributed by atoms with Crippen molar-refractivity contribution in [1.29, 1.82) is 0 Å². The number of benzene rings is 1. The van der Waals surface area contributed by atoms with E-state index in [1.165, 1.54) is 4.68 Å². The summed E-state index contributed by atoms with van der Waals surface area (Å²) in [6.07, 6.45) is 0. The fraction of sp³-hybridized carbons (Fsp3) is 0.182. The molecule has 7 heteroatoms. The molecule has 94 valence electrons. The van der Waals surface area contributed by atoms with Crippen molar-refractivity contribution in [2.45, 2.75) is 6.92 Å². The standard InChI is InChI=1S/C11H9BrClN3O2/c1-2-18-10(17)9-14-11(12)16(15-9)8-6-4-3-5-7(8)13/h3-6H,2H2,1H3. The minimum absolute atomic E-state index is 0.0105. The Balaban J connectivity index is 2.42. The molecule has 2 aromatic rings. The zero-order valence-corrected chi connectivity index (χ0v) is 11.8. The van der Waals surface area contributed by atoms with E-state index in [1.54, 1.807) is 19.1 Å². The molecular weight excluding hydrogens is 321 g/mol. The van der Waals surface area contributed by atoms with Gasteiger partial charge in [-0.05, 0) is 35.0 Å². The monoisotopic (exact) mass is 329 g/mol. The number of ether oxygens (including phenoxy) is 1. The lowest BCUT2D eigenvalue weighted by Gasteiger charge is -2.03. The van der Waals surface area contributed by atoms with E-state index in [9.17, 15) is 4.79 Å². The van der Waals surface area contributed by atoms with Gasteiger partial charge in [0.15, 0.2) is 0 Å². The van der Waals surface area contributed by atoms with Crippen LogP contribution in [0.3, 0.4) is 0 Å². The Hall–Kier alpha value is -1.40. The normalized spacial score (nSPS) is 10.4. The summed E-state index contributed by atoms with van der Waals surface area (Å²) in [6.45, 7) is 2.00. The van der Waals surface area contributed by atoms with Crippen molar-refractivity contribution >= 4 is 33.5 Å². The van der Waals surface area contributed by atoms with E-state index in [4.69, 9.17) is 16.3 Å². The van der Waals surface area contributed by atoms with Gasteiger partial charge >= 0.3 is 5.97 Å². The maximum Gasteiger partial charge on any atom is 0.378 e. The van der Waals surface area contributed by atoms with Gasteiger partial charge in [0.05, 0.1) is 17.3 Å². The zero-order valence-electron chi connectivity index (χ0n) is 9.43. The first kappa shape index (κ1) is 13.0. The fourth-order valence-corrected chi connectivity index (χ4v) is 2.01. The van der Waals surface area contributed by atoms with Crippen LogP contribution in [0.25, 0.3) is 5.69 Å². The number of esters is 1. The number of aromatic nitrogens is 3. The van der Waals surface area contributed by atoms with E-state index in [2.05, 4.69) is 26.0 Å². The number of carbonyl (C=O) groups excluding carboxylic acids is 1. The molecule has 1 aromatic heterocycles. The number of halogens is 2. The zero-order chi connectivity index (χ0) is 13.1. The molecule has 1 heterocycles. The van der Waals surface area contributed by atoms with Crippen molar-refractivity contribution in [2.75, 3.05) is 6.61 Å². The third kappa shape index (κ3) is 2.54. The molecule has 0 atom stereocenters. The lowest BCUT2D eigenvalue weighted by Crippen LogP contribution is -2.07. The summed E-state index contributed by atoms with van der Waals surface area (Å²) < 4.78 is 6.66. The van der Waals surface area contributed by atoms with Gasteiger partial charge < -0.3 is 4.74 Å². The second-order valence-electron chi connectivity index (χ2n) is 3.29. The molecule has 0 N–H and O–H groups in total. The van der Waals surface area contributed by atoms with Gasteiger partial charge in [-0.15, -0.1) is 5.10 Å². The second-order valence-corrected chi connectivity index (χ2v) is 4.40. The van der Waals surface area contributed by atoms with E-state index in [1.807, 2.05) is 12.1 Å². The Labute approximate surface area is 117 Å². The summed E-state index contributed by atoms with van der Waals surface area (Å²) in [5.74, 6) is -0.576. The molecule has 0 aliphatic heterocycles. The summed E-state index contributed by atoms with van der Waals surface area (Å²) in [5.41, 5.74) is 0.633. The highest BCUT2D eigenvalue weighted by molar-refractivity contribution is 9.10. The highest BCUT2D eigenvalue weighted by Crippen LogP contribution is 2.22. The van der Waals surface area contributed by atoms with Gasteiger partial charge in [0, 0.05) is 0 Å². The number of hydrogen-bond acceptors (Lipinski definition) is 4. The summed E-state index contributed by atoms with van der Waals surface area (Å²) >= 11 is 9.29. The van der Waals surface area contributed by atoms with Crippen LogP contribution in [-0.2, 0) is 4.74 Å². The molecule has 0 spiro atoms. The first-order valence-electron chi connectivity index (χ1n) is 5.18. The Bertz CT molecular complexity index is 585. The molecule has 1 aromatic carbocycles. The van der Waals surface area contributed by atoms with Crippen molar-refractivity contribution in [3.63, 3.8) is 0 Å². The second kappa shape index (κ2) is 5.49. The molecule has 0 saturated heterocycles. The molecule has 0 aliphatic rings. The van der Waals surface area contributed by atoms with E-state index in [0.717, 1.165) is 0 Å². The van der Waals surface area contributed by atoms with Gasteiger partial charge in [0.1, 0.15) is 0 Å². The topological polar surface area (TPSA) is 57.0 Å². The Morgan fingerprint density at radius 3 is 2.89 bits per heavy atom. The Morgan fingerprint density at radius 2 is 2.22 bits per heavy atom. The molecule has 18 heavy (non-hydrogen) atoms. The van der Waals surface area contributed by atoms with Crippen LogP contribution in [-0.4, -0.2) is 27.3 Å². The van der Waals surface area contributed by atoms with Crippen molar-refractivity contribution in [1.82, 2.24) is 14.8 Å². The predicted octanol–water partition coefficient (Wildman–Crippen LogP) is 2.86. The lowest BCUT2D eigenvalue weighted by atomic mass is 10.3. The molecule has 0 bridgehead atoms. The predicted molar refractivity (Wildman–Crippen MR) is 70.0 cm³/mol. The van der Waals surface area contributed by atoms with Crippen LogP contribution < -0.4 is 0 Å². The SMILES string of the molecule is CCOC(=O)c1nc(Br)n(-c2ccccc2Cl)n1.